The van der Waals surface area contributed by atoms with Crippen molar-refractivity contribution in [2.75, 3.05) is 0 Å². The van der Waals surface area contributed by atoms with Crippen LogP contribution in [0, 0.1) is 5.41 Å². The molecule has 1 aromatic heterocycles. The minimum Gasteiger partial charge on any atom is -0.298 e. The van der Waals surface area contributed by atoms with E-state index < -0.39 is 0 Å². The zero-order chi connectivity index (χ0) is 10.0. The molecule has 0 atom stereocenters. The van der Waals surface area contributed by atoms with Crippen molar-refractivity contribution in [3.63, 3.8) is 0 Å². The summed E-state index contributed by atoms with van der Waals surface area (Å²) in [5, 5.41) is 4.18. The number of aldehydes is 1. The van der Waals surface area contributed by atoms with Gasteiger partial charge in [-0.05, 0) is 18.3 Å². The Kier molecular flexibility index (Phi) is 2.40. The molecule has 0 aliphatic heterocycles. The molecule has 0 aromatic carbocycles. The van der Waals surface area contributed by atoms with E-state index in [-0.39, 0.29) is 0 Å². The van der Waals surface area contributed by atoms with Crippen molar-refractivity contribution in [2.24, 2.45) is 5.41 Å². The second kappa shape index (κ2) is 3.56. The summed E-state index contributed by atoms with van der Waals surface area (Å²) in [6.45, 7) is 3.25. The lowest BCUT2D eigenvalue weighted by Crippen LogP contribution is -2.19. The molecule has 1 aromatic rings. The summed E-state index contributed by atoms with van der Waals surface area (Å²) in [7, 11) is 0. The van der Waals surface area contributed by atoms with Crippen LogP contribution in [0.25, 0.3) is 0 Å². The number of hydrogen-bond acceptors (Lipinski definition) is 2. The average molecular weight is 192 g/mol. The quantitative estimate of drug-likeness (QED) is 0.688. The van der Waals surface area contributed by atoms with Crippen molar-refractivity contribution in [3.05, 3.63) is 18.0 Å². The molecule has 0 unspecified atom stereocenters. The van der Waals surface area contributed by atoms with Crippen LogP contribution < -0.4 is 0 Å². The van der Waals surface area contributed by atoms with E-state index in [4.69, 9.17) is 0 Å². The maximum absolute atomic E-state index is 10.5. The molecule has 0 saturated heterocycles. The Bertz CT molecular complexity index is 324. The molecule has 3 heteroatoms. The van der Waals surface area contributed by atoms with Gasteiger partial charge in [0.05, 0.1) is 11.8 Å². The fraction of sp³-hybridized carbons (Fsp3) is 0.636. The summed E-state index contributed by atoms with van der Waals surface area (Å²) in [4.78, 5) is 10.5. The third kappa shape index (κ3) is 1.86. The van der Waals surface area contributed by atoms with Crippen LogP contribution in [0.3, 0.4) is 0 Å². The lowest BCUT2D eigenvalue weighted by atomic mass is 9.89. The molecule has 2 rings (SSSR count). The second-order valence-electron chi connectivity index (χ2n) is 4.61. The first kappa shape index (κ1) is 9.44. The van der Waals surface area contributed by atoms with Gasteiger partial charge in [0.1, 0.15) is 0 Å². The van der Waals surface area contributed by atoms with Crippen LogP contribution in [0.5, 0.6) is 0 Å². The van der Waals surface area contributed by atoms with Gasteiger partial charge in [-0.2, -0.15) is 5.10 Å². The summed E-state index contributed by atoms with van der Waals surface area (Å²) in [6, 6.07) is 0. The van der Waals surface area contributed by atoms with Gasteiger partial charge in [-0.1, -0.05) is 19.8 Å². The van der Waals surface area contributed by atoms with E-state index in [0.717, 1.165) is 12.8 Å². The zero-order valence-electron chi connectivity index (χ0n) is 8.57. The van der Waals surface area contributed by atoms with Crippen LogP contribution in [0.2, 0.25) is 0 Å². The van der Waals surface area contributed by atoms with Crippen LogP contribution >= 0.6 is 0 Å². The average Bonchev–Trinajstić information content (AvgIpc) is 2.75. The van der Waals surface area contributed by atoms with Gasteiger partial charge < -0.3 is 0 Å². The van der Waals surface area contributed by atoms with Crippen molar-refractivity contribution in [3.8, 4) is 0 Å². The van der Waals surface area contributed by atoms with Gasteiger partial charge in [0, 0.05) is 12.7 Å². The molecule has 0 bridgehead atoms. The highest BCUT2D eigenvalue weighted by Gasteiger charge is 2.29. The maximum Gasteiger partial charge on any atom is 0.153 e. The van der Waals surface area contributed by atoms with Crippen molar-refractivity contribution in [2.45, 2.75) is 39.2 Å². The highest BCUT2D eigenvalue weighted by molar-refractivity contribution is 5.73. The third-order valence-electron chi connectivity index (χ3n) is 3.14. The highest BCUT2D eigenvalue weighted by atomic mass is 16.1. The summed E-state index contributed by atoms with van der Waals surface area (Å²) >= 11 is 0. The minimum atomic E-state index is 0.395. The SMILES string of the molecule is CC1(Cn2cc(C=O)cn2)CCCC1. The number of hydrogen-bond donors (Lipinski definition) is 0. The molecule has 0 N–H and O–H groups in total. The van der Waals surface area contributed by atoms with E-state index in [0.29, 0.717) is 11.0 Å². The Morgan fingerprint density at radius 3 is 2.86 bits per heavy atom. The van der Waals surface area contributed by atoms with Gasteiger partial charge in [0.15, 0.2) is 6.29 Å². The second-order valence-corrected chi connectivity index (χ2v) is 4.61. The first-order valence-electron chi connectivity index (χ1n) is 5.20. The molecule has 0 spiro atoms. The fourth-order valence-corrected chi connectivity index (χ4v) is 2.30. The van der Waals surface area contributed by atoms with E-state index in [2.05, 4.69) is 12.0 Å². The van der Waals surface area contributed by atoms with Gasteiger partial charge in [0.2, 0.25) is 0 Å². The Hall–Kier alpha value is -1.12. The van der Waals surface area contributed by atoms with Gasteiger partial charge in [0.25, 0.3) is 0 Å². The normalized spacial score (nSPS) is 19.8. The van der Waals surface area contributed by atoms with Crippen LogP contribution in [0.1, 0.15) is 43.0 Å². The molecule has 76 valence electrons. The standard InChI is InChI=1S/C11H16N2O/c1-11(4-2-3-5-11)9-13-7-10(8-14)6-12-13/h6-8H,2-5,9H2,1H3. The Morgan fingerprint density at radius 1 is 1.57 bits per heavy atom. The van der Waals surface area contributed by atoms with E-state index in [1.165, 1.54) is 25.7 Å². The highest BCUT2D eigenvalue weighted by Crippen LogP contribution is 2.38. The number of aromatic nitrogens is 2. The Morgan fingerprint density at radius 2 is 2.29 bits per heavy atom. The molecule has 0 amide bonds. The summed E-state index contributed by atoms with van der Waals surface area (Å²) in [5.41, 5.74) is 1.07. The summed E-state index contributed by atoms with van der Waals surface area (Å²) in [5.74, 6) is 0. The van der Waals surface area contributed by atoms with Gasteiger partial charge in [-0.25, -0.2) is 0 Å². The predicted molar refractivity (Wildman–Crippen MR) is 54.2 cm³/mol. The zero-order valence-corrected chi connectivity index (χ0v) is 8.57. The summed E-state index contributed by atoms with van der Waals surface area (Å²) in [6.07, 6.45) is 9.53. The largest absolute Gasteiger partial charge is 0.298 e. The molecule has 1 heterocycles. The van der Waals surface area contributed by atoms with E-state index in [9.17, 15) is 4.79 Å². The molecule has 14 heavy (non-hydrogen) atoms. The van der Waals surface area contributed by atoms with E-state index >= 15 is 0 Å². The lowest BCUT2D eigenvalue weighted by Gasteiger charge is -2.22. The number of nitrogens with zero attached hydrogens (tertiary/aromatic N) is 2. The van der Waals surface area contributed by atoms with Gasteiger partial charge >= 0.3 is 0 Å². The van der Waals surface area contributed by atoms with E-state index in [1.54, 1.807) is 6.20 Å². The first-order valence-corrected chi connectivity index (χ1v) is 5.20. The topological polar surface area (TPSA) is 34.9 Å². The number of carbonyl (C=O) groups is 1. The van der Waals surface area contributed by atoms with Gasteiger partial charge in [-0.3, -0.25) is 9.48 Å². The van der Waals surface area contributed by atoms with Crippen LogP contribution in [-0.4, -0.2) is 16.1 Å². The van der Waals surface area contributed by atoms with Crippen LogP contribution in [-0.2, 0) is 6.54 Å². The lowest BCUT2D eigenvalue weighted by molar-refractivity contribution is 0.112. The third-order valence-corrected chi connectivity index (χ3v) is 3.14. The van der Waals surface area contributed by atoms with Gasteiger partial charge in [-0.15, -0.1) is 0 Å². The Labute approximate surface area is 84.1 Å². The van der Waals surface area contributed by atoms with Crippen LogP contribution in [0.4, 0.5) is 0 Å². The minimum absolute atomic E-state index is 0.395. The molecule has 1 saturated carbocycles. The smallest absolute Gasteiger partial charge is 0.153 e. The molecular formula is C11H16N2O. The Balaban J connectivity index is 2.05. The molecule has 1 aliphatic carbocycles. The van der Waals surface area contributed by atoms with E-state index in [1.807, 2.05) is 10.9 Å². The van der Waals surface area contributed by atoms with Crippen molar-refractivity contribution >= 4 is 6.29 Å². The molecule has 1 aliphatic rings. The predicted octanol–water partition coefficient (Wildman–Crippen LogP) is 2.28. The van der Waals surface area contributed by atoms with Crippen molar-refractivity contribution in [1.82, 2.24) is 9.78 Å². The molecule has 1 fully saturated rings. The monoisotopic (exact) mass is 192 g/mol. The molecular weight excluding hydrogens is 176 g/mol. The van der Waals surface area contributed by atoms with Crippen molar-refractivity contribution in [1.29, 1.82) is 0 Å². The molecule has 0 radical (unpaired) electrons. The first-order chi connectivity index (χ1) is 6.72. The summed E-state index contributed by atoms with van der Waals surface area (Å²) < 4.78 is 1.90. The van der Waals surface area contributed by atoms with Crippen LogP contribution in [0.15, 0.2) is 12.4 Å². The number of rotatable bonds is 3. The van der Waals surface area contributed by atoms with Crippen molar-refractivity contribution < 1.29 is 4.79 Å². The molecule has 3 nitrogen and oxygen atoms in total. The maximum atomic E-state index is 10.5. The number of carbonyl (C=O) groups excluding carboxylic acids is 1. The fourth-order valence-electron chi connectivity index (χ4n) is 2.30.